The van der Waals surface area contributed by atoms with E-state index in [-0.39, 0.29) is 5.91 Å². The van der Waals surface area contributed by atoms with E-state index >= 15 is 0 Å². The minimum Gasteiger partial charge on any atom is -0.435 e. The highest BCUT2D eigenvalue weighted by atomic mass is 16.3. The molecule has 0 aliphatic rings. The number of amides is 1. The Labute approximate surface area is 143 Å². The Balaban J connectivity index is 1.48. The first-order valence-electron chi connectivity index (χ1n) is 7.87. The monoisotopic (exact) mass is 333 g/mol. The molecule has 1 amide bonds. The zero-order valence-corrected chi connectivity index (χ0v) is 13.3. The smallest absolute Gasteiger partial charge is 0.246 e. The Morgan fingerprint density at radius 3 is 2.92 bits per heavy atom. The maximum atomic E-state index is 12.1. The molecule has 7 nitrogen and oxygen atoms in total. The molecular formula is C18H15N5O2. The zero-order valence-electron chi connectivity index (χ0n) is 13.3. The van der Waals surface area contributed by atoms with Crippen LogP contribution in [0, 0.1) is 0 Å². The predicted molar refractivity (Wildman–Crippen MR) is 92.7 cm³/mol. The molecule has 0 atom stereocenters. The van der Waals surface area contributed by atoms with Crippen molar-refractivity contribution in [3.8, 4) is 11.6 Å². The number of hydrogen-bond donors (Lipinski definition) is 1. The van der Waals surface area contributed by atoms with Crippen LogP contribution >= 0.6 is 0 Å². The topological polar surface area (TPSA) is 85.8 Å². The SMILES string of the molecule is O=C(CCn1cccn1)Nc1ccc2nc(-c3ccccn3)oc2c1. The third-order valence-corrected chi connectivity index (χ3v) is 3.68. The number of rotatable bonds is 5. The number of anilines is 1. The molecule has 1 aromatic carbocycles. The van der Waals surface area contributed by atoms with Gasteiger partial charge in [-0.25, -0.2) is 4.98 Å². The fourth-order valence-corrected chi connectivity index (χ4v) is 2.47. The van der Waals surface area contributed by atoms with Crippen LogP contribution in [0.4, 0.5) is 5.69 Å². The van der Waals surface area contributed by atoms with Crippen LogP contribution in [-0.2, 0) is 11.3 Å². The van der Waals surface area contributed by atoms with Gasteiger partial charge in [0, 0.05) is 43.3 Å². The number of nitrogens with zero attached hydrogens (tertiary/aromatic N) is 4. The van der Waals surface area contributed by atoms with Gasteiger partial charge >= 0.3 is 0 Å². The molecule has 0 fully saturated rings. The lowest BCUT2D eigenvalue weighted by Gasteiger charge is -2.05. The average Bonchev–Trinajstić information content (AvgIpc) is 3.30. The van der Waals surface area contributed by atoms with E-state index < -0.39 is 0 Å². The van der Waals surface area contributed by atoms with Gasteiger partial charge in [-0.05, 0) is 30.3 Å². The van der Waals surface area contributed by atoms with Gasteiger partial charge in [0.1, 0.15) is 11.2 Å². The van der Waals surface area contributed by atoms with Gasteiger partial charge in [-0.1, -0.05) is 6.07 Å². The summed E-state index contributed by atoms with van der Waals surface area (Å²) in [5.41, 5.74) is 2.66. The summed E-state index contributed by atoms with van der Waals surface area (Å²) in [7, 11) is 0. The lowest BCUT2D eigenvalue weighted by Crippen LogP contribution is -2.14. The Kier molecular flexibility index (Phi) is 3.96. The van der Waals surface area contributed by atoms with E-state index in [0.29, 0.717) is 35.8 Å². The molecule has 1 N–H and O–H groups in total. The van der Waals surface area contributed by atoms with E-state index in [0.717, 1.165) is 5.52 Å². The largest absolute Gasteiger partial charge is 0.435 e. The van der Waals surface area contributed by atoms with Crippen molar-refractivity contribution in [1.82, 2.24) is 19.7 Å². The molecule has 0 saturated heterocycles. The molecule has 0 spiro atoms. The number of fused-ring (bicyclic) bond motifs is 1. The standard InChI is InChI=1S/C18H15N5O2/c24-17(7-11-23-10-3-9-20-23)21-13-5-6-14-16(12-13)25-18(22-14)15-4-1-2-8-19-15/h1-6,8-10,12H,7,11H2,(H,21,24). The van der Waals surface area contributed by atoms with E-state index in [1.807, 2.05) is 36.5 Å². The molecule has 0 bridgehead atoms. The summed E-state index contributed by atoms with van der Waals surface area (Å²) in [5, 5.41) is 6.94. The van der Waals surface area contributed by atoms with Crippen LogP contribution in [0.2, 0.25) is 0 Å². The molecule has 0 aliphatic carbocycles. The van der Waals surface area contributed by atoms with Gasteiger partial charge in [-0.3, -0.25) is 14.5 Å². The summed E-state index contributed by atoms with van der Waals surface area (Å²) in [6, 6.07) is 12.8. The van der Waals surface area contributed by atoms with Crippen molar-refractivity contribution in [3.63, 3.8) is 0 Å². The van der Waals surface area contributed by atoms with Crippen LogP contribution in [-0.4, -0.2) is 25.7 Å². The lowest BCUT2D eigenvalue weighted by molar-refractivity contribution is -0.116. The summed E-state index contributed by atoms with van der Waals surface area (Å²) >= 11 is 0. The number of benzene rings is 1. The lowest BCUT2D eigenvalue weighted by atomic mass is 10.2. The third-order valence-electron chi connectivity index (χ3n) is 3.68. The van der Waals surface area contributed by atoms with Gasteiger partial charge in [0.2, 0.25) is 11.8 Å². The van der Waals surface area contributed by atoms with Crippen LogP contribution in [0.5, 0.6) is 0 Å². The number of carbonyl (C=O) groups is 1. The van der Waals surface area contributed by atoms with Crippen molar-refractivity contribution in [1.29, 1.82) is 0 Å². The number of nitrogens with one attached hydrogen (secondary N) is 1. The summed E-state index contributed by atoms with van der Waals surface area (Å²) in [6.45, 7) is 0.535. The molecular weight excluding hydrogens is 318 g/mol. The van der Waals surface area contributed by atoms with E-state index in [9.17, 15) is 4.79 Å². The average molecular weight is 333 g/mol. The Morgan fingerprint density at radius 2 is 2.12 bits per heavy atom. The Hall–Kier alpha value is -3.48. The van der Waals surface area contributed by atoms with Crippen molar-refractivity contribution in [2.45, 2.75) is 13.0 Å². The van der Waals surface area contributed by atoms with Crippen molar-refractivity contribution >= 4 is 22.7 Å². The summed E-state index contributed by atoms with van der Waals surface area (Å²) in [6.07, 6.45) is 5.55. The Bertz CT molecular complexity index is 993. The predicted octanol–water partition coefficient (Wildman–Crippen LogP) is 3.12. The van der Waals surface area contributed by atoms with Crippen molar-refractivity contribution in [2.24, 2.45) is 0 Å². The number of hydrogen-bond acceptors (Lipinski definition) is 5. The molecule has 3 heterocycles. The van der Waals surface area contributed by atoms with Crippen molar-refractivity contribution < 1.29 is 9.21 Å². The first-order chi connectivity index (χ1) is 12.3. The zero-order chi connectivity index (χ0) is 17.1. The maximum absolute atomic E-state index is 12.1. The van der Waals surface area contributed by atoms with Crippen molar-refractivity contribution in [2.75, 3.05) is 5.32 Å². The van der Waals surface area contributed by atoms with Crippen molar-refractivity contribution in [3.05, 3.63) is 61.1 Å². The fourth-order valence-electron chi connectivity index (χ4n) is 2.47. The molecule has 4 rings (SSSR count). The van der Waals surface area contributed by atoms with Gasteiger partial charge < -0.3 is 9.73 Å². The molecule has 3 aromatic heterocycles. The number of oxazole rings is 1. The van der Waals surface area contributed by atoms with Crippen LogP contribution < -0.4 is 5.32 Å². The maximum Gasteiger partial charge on any atom is 0.246 e. The van der Waals surface area contributed by atoms with E-state index in [1.54, 1.807) is 29.2 Å². The summed E-state index contributed by atoms with van der Waals surface area (Å²) < 4.78 is 7.48. The van der Waals surface area contributed by atoms with Gasteiger partial charge in [-0.2, -0.15) is 5.10 Å². The normalized spacial score (nSPS) is 10.9. The number of pyridine rings is 1. The molecule has 124 valence electrons. The number of carbonyl (C=O) groups excluding carboxylic acids is 1. The highest BCUT2D eigenvalue weighted by Crippen LogP contribution is 2.25. The molecule has 0 saturated carbocycles. The van der Waals surface area contributed by atoms with Crippen LogP contribution in [0.3, 0.4) is 0 Å². The van der Waals surface area contributed by atoms with Crippen LogP contribution in [0.15, 0.2) is 65.5 Å². The van der Waals surface area contributed by atoms with Gasteiger partial charge in [0.25, 0.3) is 0 Å². The van der Waals surface area contributed by atoms with Gasteiger partial charge in [0.15, 0.2) is 5.58 Å². The molecule has 25 heavy (non-hydrogen) atoms. The highest BCUT2D eigenvalue weighted by Gasteiger charge is 2.10. The summed E-state index contributed by atoms with van der Waals surface area (Å²) in [4.78, 5) is 20.7. The first kappa shape index (κ1) is 15.1. The minimum absolute atomic E-state index is 0.0840. The fraction of sp³-hybridized carbons (Fsp3) is 0.111. The van der Waals surface area contributed by atoms with Crippen LogP contribution in [0.25, 0.3) is 22.7 Å². The van der Waals surface area contributed by atoms with E-state index in [4.69, 9.17) is 4.42 Å². The second-order valence-electron chi connectivity index (χ2n) is 5.48. The molecule has 0 unspecified atom stereocenters. The number of aromatic nitrogens is 4. The quantitative estimate of drug-likeness (QED) is 0.606. The van der Waals surface area contributed by atoms with Gasteiger partial charge in [0.05, 0.1) is 0 Å². The van der Waals surface area contributed by atoms with E-state index in [1.165, 1.54) is 0 Å². The van der Waals surface area contributed by atoms with E-state index in [2.05, 4.69) is 20.4 Å². The Morgan fingerprint density at radius 1 is 1.16 bits per heavy atom. The van der Waals surface area contributed by atoms with Crippen LogP contribution in [0.1, 0.15) is 6.42 Å². The molecule has 7 heteroatoms. The molecule has 0 aliphatic heterocycles. The highest BCUT2D eigenvalue weighted by molar-refractivity contribution is 5.92. The second kappa shape index (κ2) is 6.56. The second-order valence-corrected chi connectivity index (χ2v) is 5.48. The molecule has 4 aromatic rings. The first-order valence-corrected chi connectivity index (χ1v) is 7.87. The third kappa shape index (κ3) is 3.40. The summed E-state index contributed by atoms with van der Waals surface area (Å²) in [5.74, 6) is 0.372. The van der Waals surface area contributed by atoms with Gasteiger partial charge in [-0.15, -0.1) is 0 Å². The number of aryl methyl sites for hydroxylation is 1. The molecule has 0 radical (unpaired) electrons. The minimum atomic E-state index is -0.0840.